The number of carbonyl (C=O) groups is 1. The molecule has 0 aliphatic carbocycles. The van der Waals surface area contributed by atoms with Gasteiger partial charge in [-0.1, -0.05) is 18.2 Å². The number of hydrogen-bond donors (Lipinski definition) is 1. The first kappa shape index (κ1) is 17.7. The maximum atomic E-state index is 12.1. The topological polar surface area (TPSA) is 66.0 Å². The van der Waals surface area contributed by atoms with Crippen molar-refractivity contribution in [3.8, 4) is 28.7 Å². The first-order valence-electron chi connectivity index (χ1n) is 8.91. The van der Waals surface area contributed by atoms with Gasteiger partial charge in [-0.3, -0.25) is 4.79 Å². The van der Waals surface area contributed by atoms with Gasteiger partial charge in [-0.15, -0.1) is 0 Å². The van der Waals surface area contributed by atoms with Crippen molar-refractivity contribution in [2.24, 2.45) is 0 Å². The van der Waals surface area contributed by atoms with E-state index in [1.54, 1.807) is 42.5 Å². The van der Waals surface area contributed by atoms with Crippen LogP contribution in [-0.2, 0) is 4.79 Å². The molecular weight excluding hydrogens is 358 g/mol. The highest BCUT2D eigenvalue weighted by molar-refractivity contribution is 5.92. The molecule has 0 bridgehead atoms. The third-order valence-electron chi connectivity index (χ3n) is 4.00. The summed E-state index contributed by atoms with van der Waals surface area (Å²) in [6, 6.07) is 21.9. The minimum atomic E-state index is -0.263. The molecule has 4 rings (SSSR count). The first-order valence-corrected chi connectivity index (χ1v) is 8.91. The molecule has 1 aliphatic rings. The lowest BCUT2D eigenvalue weighted by molar-refractivity contribution is -0.118. The molecule has 1 heterocycles. The van der Waals surface area contributed by atoms with Crippen molar-refractivity contribution in [2.75, 3.05) is 25.1 Å². The van der Waals surface area contributed by atoms with E-state index in [9.17, 15) is 4.79 Å². The Morgan fingerprint density at radius 3 is 2.29 bits per heavy atom. The zero-order chi connectivity index (χ0) is 19.2. The summed E-state index contributed by atoms with van der Waals surface area (Å²) in [6.07, 6.45) is 0. The van der Waals surface area contributed by atoms with Crippen LogP contribution < -0.4 is 24.3 Å². The van der Waals surface area contributed by atoms with Gasteiger partial charge in [0.05, 0.1) is 0 Å². The Hall–Kier alpha value is -3.67. The van der Waals surface area contributed by atoms with Crippen LogP contribution in [0.4, 0.5) is 5.69 Å². The monoisotopic (exact) mass is 377 g/mol. The number of carbonyl (C=O) groups excluding carboxylic acids is 1. The molecule has 0 unspecified atom stereocenters. The second-order valence-electron chi connectivity index (χ2n) is 6.08. The molecule has 0 fully saturated rings. The molecule has 3 aromatic rings. The molecule has 0 spiro atoms. The van der Waals surface area contributed by atoms with Gasteiger partial charge < -0.3 is 24.3 Å². The van der Waals surface area contributed by atoms with E-state index >= 15 is 0 Å². The maximum Gasteiger partial charge on any atom is 0.262 e. The standard InChI is InChI=1S/C22H19NO5/c24-22(23-16-6-11-20-21(14-16)26-13-12-25-20)15-27-17-7-9-19(10-8-17)28-18-4-2-1-3-5-18/h1-11,14H,12-13,15H2,(H,23,24). The summed E-state index contributed by atoms with van der Waals surface area (Å²) in [5.41, 5.74) is 0.629. The quantitative estimate of drug-likeness (QED) is 0.695. The number of anilines is 1. The lowest BCUT2D eigenvalue weighted by Gasteiger charge is -2.19. The molecular formula is C22H19NO5. The van der Waals surface area contributed by atoms with Gasteiger partial charge in [0.15, 0.2) is 18.1 Å². The van der Waals surface area contributed by atoms with Gasteiger partial charge in [0.1, 0.15) is 30.5 Å². The molecule has 0 saturated carbocycles. The summed E-state index contributed by atoms with van der Waals surface area (Å²) in [4.78, 5) is 12.1. The Kier molecular flexibility index (Phi) is 5.29. The Balaban J connectivity index is 1.28. The number of ether oxygens (including phenoxy) is 4. The van der Waals surface area contributed by atoms with Crippen molar-refractivity contribution in [2.45, 2.75) is 0 Å². The number of hydrogen-bond acceptors (Lipinski definition) is 5. The van der Waals surface area contributed by atoms with Gasteiger partial charge in [0.2, 0.25) is 0 Å². The Morgan fingerprint density at radius 2 is 1.50 bits per heavy atom. The van der Waals surface area contributed by atoms with Crippen LogP contribution in [0.2, 0.25) is 0 Å². The third kappa shape index (κ3) is 4.54. The molecule has 6 nitrogen and oxygen atoms in total. The van der Waals surface area contributed by atoms with E-state index in [1.165, 1.54) is 0 Å². The highest BCUT2D eigenvalue weighted by Gasteiger charge is 2.13. The van der Waals surface area contributed by atoms with Crippen molar-refractivity contribution >= 4 is 11.6 Å². The number of rotatable bonds is 6. The highest BCUT2D eigenvalue weighted by atomic mass is 16.6. The van der Waals surface area contributed by atoms with Crippen molar-refractivity contribution in [1.82, 2.24) is 0 Å². The molecule has 1 N–H and O–H groups in total. The summed E-state index contributed by atoms with van der Waals surface area (Å²) in [5, 5.41) is 2.78. The highest BCUT2D eigenvalue weighted by Crippen LogP contribution is 2.32. The van der Waals surface area contributed by atoms with Crippen molar-refractivity contribution in [3.05, 3.63) is 72.8 Å². The normalized spacial score (nSPS) is 12.1. The molecule has 0 atom stereocenters. The number of para-hydroxylation sites is 1. The second kappa shape index (κ2) is 8.35. The molecule has 6 heteroatoms. The fourth-order valence-corrected chi connectivity index (χ4v) is 2.70. The van der Waals surface area contributed by atoms with Crippen LogP contribution in [0.25, 0.3) is 0 Å². The molecule has 0 saturated heterocycles. The predicted molar refractivity (Wildman–Crippen MR) is 105 cm³/mol. The number of fused-ring (bicyclic) bond motifs is 1. The fraction of sp³-hybridized carbons (Fsp3) is 0.136. The van der Waals surface area contributed by atoms with E-state index in [0.717, 1.165) is 5.75 Å². The Labute approximate surface area is 162 Å². The van der Waals surface area contributed by atoms with Gasteiger partial charge >= 0.3 is 0 Å². The van der Waals surface area contributed by atoms with E-state index in [-0.39, 0.29) is 12.5 Å². The van der Waals surface area contributed by atoms with Crippen LogP contribution in [-0.4, -0.2) is 25.7 Å². The van der Waals surface area contributed by atoms with Gasteiger partial charge in [-0.05, 0) is 48.5 Å². The third-order valence-corrected chi connectivity index (χ3v) is 4.00. The van der Waals surface area contributed by atoms with Crippen molar-refractivity contribution < 1.29 is 23.7 Å². The SMILES string of the molecule is O=C(COc1ccc(Oc2ccccc2)cc1)Nc1ccc2c(c1)OCCO2. The minimum Gasteiger partial charge on any atom is -0.486 e. The van der Waals surface area contributed by atoms with E-state index in [2.05, 4.69) is 5.32 Å². The zero-order valence-electron chi connectivity index (χ0n) is 15.1. The number of amides is 1. The summed E-state index contributed by atoms with van der Waals surface area (Å²) in [7, 11) is 0. The largest absolute Gasteiger partial charge is 0.486 e. The fourth-order valence-electron chi connectivity index (χ4n) is 2.70. The van der Waals surface area contributed by atoms with Gasteiger partial charge in [-0.2, -0.15) is 0 Å². The predicted octanol–water partition coefficient (Wildman–Crippen LogP) is 4.27. The average molecular weight is 377 g/mol. The summed E-state index contributed by atoms with van der Waals surface area (Å²) >= 11 is 0. The summed E-state index contributed by atoms with van der Waals surface area (Å²) in [5.74, 6) is 3.07. The van der Waals surface area contributed by atoms with E-state index < -0.39 is 0 Å². The number of nitrogens with one attached hydrogen (secondary N) is 1. The van der Waals surface area contributed by atoms with Crippen molar-refractivity contribution in [1.29, 1.82) is 0 Å². The van der Waals surface area contributed by atoms with Crippen LogP contribution in [0.15, 0.2) is 72.8 Å². The summed E-state index contributed by atoms with van der Waals surface area (Å²) < 4.78 is 22.2. The second-order valence-corrected chi connectivity index (χ2v) is 6.08. The zero-order valence-corrected chi connectivity index (χ0v) is 15.1. The van der Waals surface area contributed by atoms with Crippen LogP contribution in [0.1, 0.15) is 0 Å². The molecule has 1 aliphatic heterocycles. The van der Waals surface area contributed by atoms with Gasteiger partial charge in [0, 0.05) is 11.8 Å². The lowest BCUT2D eigenvalue weighted by Crippen LogP contribution is -2.20. The summed E-state index contributed by atoms with van der Waals surface area (Å²) in [6.45, 7) is 0.923. The molecule has 0 radical (unpaired) electrons. The molecule has 0 aromatic heterocycles. The van der Waals surface area contributed by atoms with Gasteiger partial charge in [0.25, 0.3) is 5.91 Å². The molecule has 3 aromatic carbocycles. The lowest BCUT2D eigenvalue weighted by atomic mass is 10.2. The average Bonchev–Trinajstić information content (AvgIpc) is 2.74. The minimum absolute atomic E-state index is 0.104. The van der Waals surface area contributed by atoms with Crippen LogP contribution in [0.5, 0.6) is 28.7 Å². The van der Waals surface area contributed by atoms with E-state index in [0.29, 0.717) is 41.9 Å². The van der Waals surface area contributed by atoms with Gasteiger partial charge in [-0.25, -0.2) is 0 Å². The Morgan fingerprint density at radius 1 is 0.821 bits per heavy atom. The molecule has 142 valence electrons. The maximum absolute atomic E-state index is 12.1. The van der Waals surface area contributed by atoms with Crippen molar-refractivity contribution in [3.63, 3.8) is 0 Å². The molecule has 1 amide bonds. The molecule has 28 heavy (non-hydrogen) atoms. The van der Waals surface area contributed by atoms with E-state index in [4.69, 9.17) is 18.9 Å². The Bertz CT molecular complexity index is 941. The first-order chi connectivity index (χ1) is 13.8. The van der Waals surface area contributed by atoms with E-state index in [1.807, 2.05) is 30.3 Å². The smallest absolute Gasteiger partial charge is 0.262 e. The number of benzene rings is 3. The van der Waals surface area contributed by atoms with Crippen LogP contribution in [0.3, 0.4) is 0 Å². The van der Waals surface area contributed by atoms with Crippen LogP contribution in [0, 0.1) is 0 Å². The van der Waals surface area contributed by atoms with Crippen LogP contribution >= 0.6 is 0 Å².